The van der Waals surface area contributed by atoms with E-state index < -0.39 is 34.3 Å². The second-order valence-corrected chi connectivity index (χ2v) is 10.6. The Hall–Kier alpha value is -2.95. The summed E-state index contributed by atoms with van der Waals surface area (Å²) in [5.41, 5.74) is 0.475. The smallest absolute Gasteiger partial charge is 0.336 e. The summed E-state index contributed by atoms with van der Waals surface area (Å²) in [5, 5.41) is 2.41. The van der Waals surface area contributed by atoms with E-state index in [1.165, 1.54) is 6.07 Å². The van der Waals surface area contributed by atoms with Gasteiger partial charge in [0.05, 0.1) is 17.3 Å². The minimum absolute atomic E-state index is 0.0143. The number of rotatable bonds is 3. The van der Waals surface area contributed by atoms with Crippen molar-refractivity contribution >= 4 is 33.5 Å². The maximum Gasteiger partial charge on any atom is 0.336 e. The fourth-order valence-electron chi connectivity index (χ4n) is 4.46. The molecule has 1 aromatic rings. The fraction of sp³-hybridized carbons (Fsp3) is 0.450. The van der Waals surface area contributed by atoms with Crippen LogP contribution in [0.3, 0.4) is 0 Å². The van der Waals surface area contributed by atoms with E-state index in [1.54, 1.807) is 4.90 Å². The Morgan fingerprint density at radius 2 is 2.16 bits per heavy atom. The predicted octanol–water partition coefficient (Wildman–Crippen LogP) is 1.73. The average Bonchev–Trinajstić information content (AvgIpc) is 3.39. The molecule has 3 aliphatic heterocycles. The first-order valence-corrected chi connectivity index (χ1v) is 11.4. The number of hydrogen-bond acceptors (Lipinski definition) is 6. The van der Waals surface area contributed by atoms with Crippen LogP contribution in [0.15, 0.2) is 39.7 Å². The van der Waals surface area contributed by atoms with Gasteiger partial charge < -0.3 is 15.0 Å². The summed E-state index contributed by atoms with van der Waals surface area (Å²) in [5.74, 6) is -0.616. The molecule has 11 heteroatoms. The molecule has 1 N–H and O–H groups in total. The van der Waals surface area contributed by atoms with Gasteiger partial charge in [-0.2, -0.15) is 0 Å². The second-order valence-electron chi connectivity index (χ2n) is 8.78. The molecule has 1 fully saturated rings. The molecule has 3 heterocycles. The maximum absolute atomic E-state index is 13.6. The van der Waals surface area contributed by atoms with Crippen molar-refractivity contribution in [3.05, 3.63) is 35.7 Å². The number of amides is 3. The SMILES string of the molecule is CC1(C)COC(C2=C[C@H]3C[C@@H]2N(C(=O)CN2C(=O)Nc4ccc(F)cc4S2(=O)=O)C3)=N1. The van der Waals surface area contributed by atoms with Gasteiger partial charge in [-0.1, -0.05) is 6.08 Å². The molecule has 31 heavy (non-hydrogen) atoms. The minimum atomic E-state index is -4.37. The molecule has 4 aliphatic rings. The Morgan fingerprint density at radius 1 is 1.39 bits per heavy atom. The Bertz CT molecular complexity index is 1180. The third-order valence-electron chi connectivity index (χ3n) is 5.90. The molecular formula is C20H21FN4O5S. The van der Waals surface area contributed by atoms with Gasteiger partial charge >= 0.3 is 6.03 Å². The van der Waals surface area contributed by atoms with Gasteiger partial charge in [-0.3, -0.25) is 4.79 Å². The highest BCUT2D eigenvalue weighted by molar-refractivity contribution is 7.90. The number of halogens is 1. The summed E-state index contributed by atoms with van der Waals surface area (Å²) in [6.45, 7) is 4.13. The Balaban J connectivity index is 1.38. The number of benzene rings is 1. The van der Waals surface area contributed by atoms with Gasteiger partial charge in [0.15, 0.2) is 0 Å². The number of ether oxygens (including phenoxy) is 1. The zero-order valence-corrected chi connectivity index (χ0v) is 17.8. The van der Waals surface area contributed by atoms with Crippen molar-refractivity contribution in [1.29, 1.82) is 0 Å². The van der Waals surface area contributed by atoms with Gasteiger partial charge in [0.25, 0.3) is 10.0 Å². The van der Waals surface area contributed by atoms with Crippen molar-refractivity contribution in [3.63, 3.8) is 0 Å². The van der Waals surface area contributed by atoms with Crippen LogP contribution in [0.25, 0.3) is 0 Å². The third-order valence-corrected chi connectivity index (χ3v) is 7.67. The number of sulfonamides is 1. The second kappa shape index (κ2) is 6.52. The zero-order valence-electron chi connectivity index (χ0n) is 17.0. The van der Waals surface area contributed by atoms with Crippen molar-refractivity contribution in [2.24, 2.45) is 10.9 Å². The van der Waals surface area contributed by atoms with Crippen LogP contribution in [0.4, 0.5) is 14.9 Å². The number of carbonyl (C=O) groups excluding carboxylic acids is 2. The molecule has 0 unspecified atom stereocenters. The van der Waals surface area contributed by atoms with Gasteiger partial charge in [0.2, 0.25) is 11.8 Å². The van der Waals surface area contributed by atoms with Crippen molar-refractivity contribution in [1.82, 2.24) is 9.21 Å². The van der Waals surface area contributed by atoms with E-state index in [2.05, 4.69) is 16.4 Å². The van der Waals surface area contributed by atoms with Gasteiger partial charge in [-0.05, 0) is 44.4 Å². The number of carbonyl (C=O) groups is 2. The number of fused-ring (bicyclic) bond motifs is 3. The first kappa shape index (κ1) is 20.0. The molecule has 164 valence electrons. The Labute approximate surface area is 178 Å². The lowest BCUT2D eigenvalue weighted by atomic mass is 10.1. The molecule has 1 aliphatic carbocycles. The van der Waals surface area contributed by atoms with Crippen LogP contribution >= 0.6 is 0 Å². The van der Waals surface area contributed by atoms with Crippen LogP contribution in [0.2, 0.25) is 0 Å². The van der Waals surface area contributed by atoms with E-state index in [1.807, 2.05) is 13.8 Å². The summed E-state index contributed by atoms with van der Waals surface area (Å²) >= 11 is 0. The topological polar surface area (TPSA) is 108 Å². The van der Waals surface area contributed by atoms with Crippen LogP contribution in [0, 0.1) is 11.7 Å². The number of anilines is 1. The summed E-state index contributed by atoms with van der Waals surface area (Å²) < 4.78 is 45.6. The van der Waals surface area contributed by atoms with Crippen LogP contribution in [0.5, 0.6) is 0 Å². The lowest BCUT2D eigenvalue weighted by Crippen LogP contribution is -2.51. The van der Waals surface area contributed by atoms with E-state index in [0.717, 1.165) is 17.7 Å². The minimum Gasteiger partial charge on any atom is -0.475 e. The molecule has 2 atom stereocenters. The molecule has 0 spiro atoms. The number of urea groups is 1. The van der Waals surface area contributed by atoms with Crippen molar-refractivity contribution in [2.45, 2.75) is 36.7 Å². The van der Waals surface area contributed by atoms with Gasteiger partial charge in [-0.25, -0.2) is 26.9 Å². The van der Waals surface area contributed by atoms with Crippen molar-refractivity contribution in [2.75, 3.05) is 25.0 Å². The molecule has 3 amide bonds. The van der Waals surface area contributed by atoms with E-state index in [0.29, 0.717) is 29.8 Å². The van der Waals surface area contributed by atoms with E-state index >= 15 is 0 Å². The van der Waals surface area contributed by atoms with Crippen LogP contribution < -0.4 is 5.32 Å². The highest BCUT2D eigenvalue weighted by atomic mass is 32.2. The largest absolute Gasteiger partial charge is 0.475 e. The molecule has 1 saturated heterocycles. The summed E-state index contributed by atoms with van der Waals surface area (Å²) in [7, 11) is -4.37. The quantitative estimate of drug-likeness (QED) is 0.758. The number of nitrogens with one attached hydrogen (secondary N) is 1. The van der Waals surface area contributed by atoms with Crippen molar-refractivity contribution < 1.29 is 27.1 Å². The monoisotopic (exact) mass is 448 g/mol. The van der Waals surface area contributed by atoms with Crippen LogP contribution in [0.1, 0.15) is 20.3 Å². The first-order valence-electron chi connectivity index (χ1n) is 9.93. The van der Waals surface area contributed by atoms with Crippen LogP contribution in [-0.4, -0.2) is 66.7 Å². The first-order chi connectivity index (χ1) is 14.5. The Kier molecular flexibility index (Phi) is 4.20. The van der Waals surface area contributed by atoms with Crippen LogP contribution in [-0.2, 0) is 19.6 Å². The fourth-order valence-corrected chi connectivity index (χ4v) is 5.90. The molecule has 0 saturated carbocycles. The molecule has 1 aromatic carbocycles. The summed E-state index contributed by atoms with van der Waals surface area (Å²) in [4.78, 5) is 31.3. The number of likely N-dealkylation sites (tertiary alicyclic amines) is 1. The highest BCUT2D eigenvalue weighted by Gasteiger charge is 2.47. The predicted molar refractivity (Wildman–Crippen MR) is 108 cm³/mol. The standard InChI is InChI=1S/C20H21FN4O5S/c1-20(2)10-30-18(23-20)13-5-11-6-15(13)24(8-11)17(26)9-25-19(27)22-14-4-3-12(21)7-16(14)31(25,28)29/h3-5,7,11,15H,6,8-10H2,1-2H3,(H,22,27)/t11-,15-/m0/s1. The van der Waals surface area contributed by atoms with E-state index in [9.17, 15) is 22.4 Å². The molecule has 0 radical (unpaired) electrons. The lowest BCUT2D eigenvalue weighted by molar-refractivity contribution is -0.131. The normalized spacial score (nSPS) is 27.4. The molecule has 5 rings (SSSR count). The number of nitrogens with zero attached hydrogens (tertiary/aromatic N) is 3. The lowest BCUT2D eigenvalue weighted by Gasteiger charge is -2.32. The van der Waals surface area contributed by atoms with Gasteiger partial charge in [-0.15, -0.1) is 0 Å². The molecule has 9 nitrogen and oxygen atoms in total. The van der Waals surface area contributed by atoms with E-state index in [4.69, 9.17) is 4.74 Å². The summed E-state index contributed by atoms with van der Waals surface area (Å²) in [6, 6.07) is 1.85. The molecular weight excluding hydrogens is 427 g/mol. The number of aliphatic imine (C=N–C) groups is 1. The average molecular weight is 448 g/mol. The van der Waals surface area contributed by atoms with Crippen molar-refractivity contribution in [3.8, 4) is 0 Å². The molecule has 2 bridgehead atoms. The highest BCUT2D eigenvalue weighted by Crippen LogP contribution is 2.40. The van der Waals surface area contributed by atoms with Gasteiger partial charge in [0, 0.05) is 12.1 Å². The summed E-state index contributed by atoms with van der Waals surface area (Å²) in [6.07, 6.45) is 2.76. The number of hydrogen-bond donors (Lipinski definition) is 1. The van der Waals surface area contributed by atoms with Gasteiger partial charge in [0.1, 0.15) is 23.9 Å². The van der Waals surface area contributed by atoms with E-state index in [-0.39, 0.29) is 28.1 Å². The Morgan fingerprint density at radius 3 is 2.84 bits per heavy atom. The molecule has 0 aromatic heterocycles. The zero-order chi connectivity index (χ0) is 22.1. The third kappa shape index (κ3) is 3.18. The maximum atomic E-state index is 13.6.